The van der Waals surface area contributed by atoms with E-state index in [2.05, 4.69) is 39.6 Å². The lowest BCUT2D eigenvalue weighted by molar-refractivity contribution is 0.600. The SMILES string of the molecule is CCCn1cc(C(NC)c2cccc3nccnc23)cn1. The molecule has 1 unspecified atom stereocenters. The number of benzene rings is 1. The zero-order chi connectivity index (χ0) is 14.7. The molecule has 108 valence electrons. The van der Waals surface area contributed by atoms with Crippen molar-refractivity contribution in [2.45, 2.75) is 25.9 Å². The van der Waals surface area contributed by atoms with Gasteiger partial charge in [0.25, 0.3) is 0 Å². The first kappa shape index (κ1) is 13.7. The molecule has 0 amide bonds. The number of rotatable bonds is 5. The Labute approximate surface area is 124 Å². The molecule has 21 heavy (non-hydrogen) atoms. The molecule has 0 saturated carbocycles. The number of hydrogen-bond donors (Lipinski definition) is 1. The Bertz CT molecular complexity index is 729. The van der Waals surface area contributed by atoms with Crippen molar-refractivity contribution in [1.29, 1.82) is 0 Å². The first-order valence-electron chi connectivity index (χ1n) is 7.22. The van der Waals surface area contributed by atoms with Gasteiger partial charge in [0, 0.05) is 36.3 Å². The number of aryl methyl sites for hydroxylation is 1. The minimum Gasteiger partial charge on any atom is -0.309 e. The summed E-state index contributed by atoms with van der Waals surface area (Å²) in [6, 6.07) is 6.16. The quantitative estimate of drug-likeness (QED) is 0.781. The number of fused-ring (bicyclic) bond motifs is 1. The topological polar surface area (TPSA) is 55.6 Å². The van der Waals surface area contributed by atoms with Crippen LogP contribution in [0.25, 0.3) is 11.0 Å². The maximum Gasteiger partial charge on any atom is 0.0937 e. The van der Waals surface area contributed by atoms with E-state index in [0.29, 0.717) is 0 Å². The minimum absolute atomic E-state index is 0.0657. The smallest absolute Gasteiger partial charge is 0.0937 e. The van der Waals surface area contributed by atoms with Crippen LogP contribution in [0.4, 0.5) is 0 Å². The molecule has 2 heterocycles. The van der Waals surface area contributed by atoms with Gasteiger partial charge >= 0.3 is 0 Å². The summed E-state index contributed by atoms with van der Waals surface area (Å²) in [6.45, 7) is 3.09. The Balaban J connectivity index is 2.05. The predicted octanol–water partition coefficient (Wildman–Crippen LogP) is 2.55. The fourth-order valence-corrected chi connectivity index (χ4v) is 2.63. The van der Waals surface area contributed by atoms with Crippen LogP contribution in [0.1, 0.15) is 30.5 Å². The largest absolute Gasteiger partial charge is 0.309 e. The van der Waals surface area contributed by atoms with Gasteiger partial charge in [-0.2, -0.15) is 5.10 Å². The molecule has 2 aromatic heterocycles. The third kappa shape index (κ3) is 2.64. The second-order valence-corrected chi connectivity index (χ2v) is 5.03. The average Bonchev–Trinajstić information content (AvgIpc) is 2.97. The van der Waals surface area contributed by atoms with Crippen LogP contribution in [0.15, 0.2) is 43.0 Å². The molecule has 0 spiro atoms. The van der Waals surface area contributed by atoms with Gasteiger partial charge in [0.2, 0.25) is 0 Å². The molecular formula is C16H19N5. The maximum absolute atomic E-state index is 4.49. The molecule has 3 aromatic rings. The van der Waals surface area contributed by atoms with Crippen molar-refractivity contribution in [3.63, 3.8) is 0 Å². The molecule has 1 atom stereocenters. The van der Waals surface area contributed by atoms with Crippen molar-refractivity contribution >= 4 is 11.0 Å². The Morgan fingerprint density at radius 1 is 1.24 bits per heavy atom. The zero-order valence-electron chi connectivity index (χ0n) is 12.3. The van der Waals surface area contributed by atoms with Gasteiger partial charge in [0.1, 0.15) is 0 Å². The molecule has 0 bridgehead atoms. The highest BCUT2D eigenvalue weighted by Crippen LogP contribution is 2.26. The molecule has 0 aliphatic rings. The first-order chi connectivity index (χ1) is 10.3. The van der Waals surface area contributed by atoms with Crippen molar-refractivity contribution in [3.8, 4) is 0 Å². The van der Waals surface area contributed by atoms with E-state index >= 15 is 0 Å². The molecule has 1 N–H and O–H groups in total. The van der Waals surface area contributed by atoms with Gasteiger partial charge in [-0.1, -0.05) is 19.1 Å². The van der Waals surface area contributed by atoms with Crippen molar-refractivity contribution in [2.75, 3.05) is 7.05 Å². The lowest BCUT2D eigenvalue weighted by Crippen LogP contribution is -2.18. The van der Waals surface area contributed by atoms with E-state index in [-0.39, 0.29) is 6.04 Å². The van der Waals surface area contributed by atoms with E-state index in [4.69, 9.17) is 0 Å². The van der Waals surface area contributed by atoms with Crippen LogP contribution in [0, 0.1) is 0 Å². The van der Waals surface area contributed by atoms with Gasteiger partial charge in [-0.3, -0.25) is 14.6 Å². The first-order valence-corrected chi connectivity index (χ1v) is 7.22. The summed E-state index contributed by atoms with van der Waals surface area (Å²) in [5.74, 6) is 0. The van der Waals surface area contributed by atoms with E-state index in [0.717, 1.165) is 35.1 Å². The fraction of sp³-hybridized carbons (Fsp3) is 0.312. The van der Waals surface area contributed by atoms with E-state index < -0.39 is 0 Å². The summed E-state index contributed by atoms with van der Waals surface area (Å²) in [7, 11) is 1.96. The van der Waals surface area contributed by atoms with Crippen molar-refractivity contribution in [3.05, 3.63) is 54.1 Å². The third-order valence-corrected chi connectivity index (χ3v) is 3.57. The van der Waals surface area contributed by atoms with Crippen molar-refractivity contribution in [1.82, 2.24) is 25.1 Å². The summed E-state index contributed by atoms with van der Waals surface area (Å²) in [4.78, 5) is 8.86. The van der Waals surface area contributed by atoms with Gasteiger partial charge in [-0.15, -0.1) is 0 Å². The summed E-state index contributed by atoms with van der Waals surface area (Å²) in [5, 5.41) is 7.78. The van der Waals surface area contributed by atoms with E-state index in [1.807, 2.05) is 30.1 Å². The van der Waals surface area contributed by atoms with E-state index in [1.165, 1.54) is 0 Å². The number of hydrogen-bond acceptors (Lipinski definition) is 4. The molecule has 0 fully saturated rings. The Kier molecular flexibility index (Phi) is 3.92. The van der Waals surface area contributed by atoms with Gasteiger partial charge in [-0.05, 0) is 19.5 Å². The summed E-state index contributed by atoms with van der Waals surface area (Å²) in [6.07, 6.45) is 8.55. The van der Waals surface area contributed by atoms with Crippen LogP contribution in [-0.2, 0) is 6.54 Å². The molecule has 3 rings (SSSR count). The van der Waals surface area contributed by atoms with Gasteiger partial charge in [0.15, 0.2) is 0 Å². The van der Waals surface area contributed by atoms with Crippen LogP contribution < -0.4 is 5.32 Å². The number of nitrogens with zero attached hydrogens (tertiary/aromatic N) is 4. The number of para-hydroxylation sites is 1. The van der Waals surface area contributed by atoms with Crippen LogP contribution >= 0.6 is 0 Å². The lowest BCUT2D eigenvalue weighted by atomic mass is 10.00. The molecule has 0 saturated heterocycles. The van der Waals surface area contributed by atoms with Gasteiger partial charge < -0.3 is 5.32 Å². The van der Waals surface area contributed by atoms with Crippen molar-refractivity contribution < 1.29 is 0 Å². The molecule has 0 radical (unpaired) electrons. The van der Waals surface area contributed by atoms with Gasteiger partial charge in [-0.25, -0.2) is 0 Å². The van der Waals surface area contributed by atoms with Crippen LogP contribution in [0.2, 0.25) is 0 Å². The van der Waals surface area contributed by atoms with E-state index in [1.54, 1.807) is 12.4 Å². The normalized spacial score (nSPS) is 12.7. The molecule has 5 nitrogen and oxygen atoms in total. The summed E-state index contributed by atoms with van der Waals surface area (Å²) >= 11 is 0. The highest BCUT2D eigenvalue weighted by atomic mass is 15.3. The second-order valence-electron chi connectivity index (χ2n) is 5.03. The van der Waals surface area contributed by atoms with Crippen LogP contribution in [-0.4, -0.2) is 26.8 Å². The standard InChI is InChI=1S/C16H19N5/c1-3-9-21-11-12(10-20-21)15(17-2)13-5-4-6-14-16(13)19-8-7-18-14/h4-8,10-11,15,17H,3,9H2,1-2H3. The summed E-state index contributed by atoms with van der Waals surface area (Å²) < 4.78 is 1.98. The highest BCUT2D eigenvalue weighted by molar-refractivity contribution is 5.78. The monoisotopic (exact) mass is 281 g/mol. The minimum atomic E-state index is 0.0657. The molecule has 0 aliphatic carbocycles. The van der Waals surface area contributed by atoms with Crippen LogP contribution in [0.5, 0.6) is 0 Å². The average molecular weight is 281 g/mol. The zero-order valence-corrected chi connectivity index (χ0v) is 12.3. The lowest BCUT2D eigenvalue weighted by Gasteiger charge is -2.16. The molecule has 5 heteroatoms. The second kappa shape index (κ2) is 6.01. The van der Waals surface area contributed by atoms with Crippen molar-refractivity contribution in [2.24, 2.45) is 0 Å². The fourth-order valence-electron chi connectivity index (χ4n) is 2.63. The molecular weight excluding hydrogens is 262 g/mol. The Morgan fingerprint density at radius 2 is 2.10 bits per heavy atom. The maximum atomic E-state index is 4.49. The number of aromatic nitrogens is 4. The van der Waals surface area contributed by atoms with Gasteiger partial charge in [0.05, 0.1) is 23.3 Å². The summed E-state index contributed by atoms with van der Waals surface area (Å²) in [5.41, 5.74) is 4.11. The number of nitrogens with one attached hydrogen (secondary N) is 1. The highest BCUT2D eigenvalue weighted by Gasteiger charge is 2.17. The third-order valence-electron chi connectivity index (χ3n) is 3.57. The predicted molar refractivity (Wildman–Crippen MR) is 83.0 cm³/mol. The van der Waals surface area contributed by atoms with Crippen LogP contribution in [0.3, 0.4) is 0 Å². The molecule has 0 aliphatic heterocycles. The Morgan fingerprint density at radius 3 is 2.90 bits per heavy atom. The Hall–Kier alpha value is -2.27. The van der Waals surface area contributed by atoms with E-state index in [9.17, 15) is 0 Å². The molecule has 1 aromatic carbocycles.